The molecule has 0 amide bonds. The van der Waals surface area contributed by atoms with E-state index in [9.17, 15) is 4.21 Å². The Hall–Kier alpha value is -0.850. The minimum atomic E-state index is -1.24. The van der Waals surface area contributed by atoms with E-state index in [0.29, 0.717) is 21.4 Å². The molecule has 20 heavy (non-hydrogen) atoms. The van der Waals surface area contributed by atoms with Crippen LogP contribution in [0.2, 0.25) is 5.02 Å². The molecule has 7 heteroatoms. The minimum absolute atomic E-state index is 0.355. The molecule has 2 aromatic rings. The van der Waals surface area contributed by atoms with E-state index in [-0.39, 0.29) is 0 Å². The van der Waals surface area contributed by atoms with E-state index < -0.39 is 10.8 Å². The quantitative estimate of drug-likeness (QED) is 0.833. The van der Waals surface area contributed by atoms with Crippen molar-refractivity contribution in [1.29, 1.82) is 0 Å². The van der Waals surface area contributed by atoms with Crippen molar-refractivity contribution in [2.75, 3.05) is 5.73 Å². The molecule has 1 aromatic carbocycles. The fourth-order valence-corrected chi connectivity index (χ4v) is 4.50. The summed E-state index contributed by atoms with van der Waals surface area (Å²) in [6.45, 7) is 2.03. The predicted octanol–water partition coefficient (Wildman–Crippen LogP) is 3.29. The molecule has 0 bridgehead atoms. The second-order valence-electron chi connectivity index (χ2n) is 4.36. The van der Waals surface area contributed by atoms with Gasteiger partial charge in [0, 0.05) is 12.7 Å². The largest absolute Gasteiger partial charge is 0.399 e. The highest BCUT2D eigenvalue weighted by molar-refractivity contribution is 9.10. The molecule has 0 spiro atoms. The fraction of sp³-hybridized carbons (Fsp3) is 0.308. The van der Waals surface area contributed by atoms with Gasteiger partial charge in [-0.3, -0.25) is 8.89 Å². The summed E-state index contributed by atoms with van der Waals surface area (Å²) in [4.78, 5) is 0.590. The van der Waals surface area contributed by atoms with Gasteiger partial charge in [0.25, 0.3) is 0 Å². The Morgan fingerprint density at radius 2 is 2.20 bits per heavy atom. The molecule has 0 radical (unpaired) electrons. The standard InChI is InChI=1S/C13H15BrClN3OS/c1-3-10-13(14)11(18(2)17-10)7-20(19)12-5-4-8(16)6-9(12)15/h4-6H,3,7,16H2,1-2H3. The number of halogens is 2. The monoisotopic (exact) mass is 375 g/mol. The number of hydrogen-bond donors (Lipinski definition) is 1. The van der Waals surface area contributed by atoms with Crippen LogP contribution < -0.4 is 5.73 Å². The second kappa shape index (κ2) is 6.28. The Balaban J connectivity index is 2.30. The summed E-state index contributed by atoms with van der Waals surface area (Å²) < 4.78 is 15.1. The summed E-state index contributed by atoms with van der Waals surface area (Å²) in [5, 5.41) is 4.82. The first-order valence-electron chi connectivity index (χ1n) is 6.07. The molecule has 1 unspecified atom stereocenters. The fourth-order valence-electron chi connectivity index (χ4n) is 1.88. The minimum Gasteiger partial charge on any atom is -0.399 e. The molecular formula is C13H15BrClN3OS. The van der Waals surface area contributed by atoms with Crippen molar-refractivity contribution < 1.29 is 4.21 Å². The van der Waals surface area contributed by atoms with Crippen molar-refractivity contribution in [3.63, 3.8) is 0 Å². The molecule has 0 saturated carbocycles. The van der Waals surface area contributed by atoms with Crippen molar-refractivity contribution in [3.8, 4) is 0 Å². The molecule has 108 valence electrons. The normalized spacial score (nSPS) is 12.6. The topological polar surface area (TPSA) is 60.9 Å². The molecule has 1 aromatic heterocycles. The van der Waals surface area contributed by atoms with E-state index in [0.717, 1.165) is 22.3 Å². The summed E-state index contributed by atoms with van der Waals surface area (Å²) in [6.07, 6.45) is 0.823. The highest BCUT2D eigenvalue weighted by atomic mass is 79.9. The summed E-state index contributed by atoms with van der Waals surface area (Å²) in [6, 6.07) is 5.03. The molecule has 4 nitrogen and oxygen atoms in total. The van der Waals surface area contributed by atoms with Crippen molar-refractivity contribution in [3.05, 3.63) is 39.1 Å². The third-order valence-electron chi connectivity index (χ3n) is 2.97. The van der Waals surface area contributed by atoms with Gasteiger partial charge in [0.15, 0.2) is 0 Å². The van der Waals surface area contributed by atoms with Crippen LogP contribution in [0.25, 0.3) is 0 Å². The van der Waals surface area contributed by atoms with Crippen LogP contribution in [0.15, 0.2) is 27.6 Å². The number of aryl methyl sites for hydroxylation is 2. The lowest BCUT2D eigenvalue weighted by Crippen LogP contribution is -2.04. The maximum Gasteiger partial charge on any atom is 0.0767 e. The number of nitrogens with two attached hydrogens (primary N) is 1. The Bertz CT molecular complexity index is 672. The smallest absolute Gasteiger partial charge is 0.0767 e. The van der Waals surface area contributed by atoms with Gasteiger partial charge in [-0.25, -0.2) is 0 Å². The van der Waals surface area contributed by atoms with Crippen LogP contribution >= 0.6 is 27.5 Å². The van der Waals surface area contributed by atoms with Crippen molar-refractivity contribution in [2.45, 2.75) is 24.0 Å². The van der Waals surface area contributed by atoms with Crippen LogP contribution in [0.3, 0.4) is 0 Å². The van der Waals surface area contributed by atoms with Gasteiger partial charge in [-0.15, -0.1) is 0 Å². The van der Waals surface area contributed by atoms with Crippen molar-refractivity contribution in [2.24, 2.45) is 7.05 Å². The third-order valence-corrected chi connectivity index (χ3v) is 5.69. The van der Waals surface area contributed by atoms with Gasteiger partial charge in [-0.2, -0.15) is 5.10 Å². The maximum absolute atomic E-state index is 12.5. The van der Waals surface area contributed by atoms with E-state index in [1.807, 2.05) is 14.0 Å². The Morgan fingerprint density at radius 1 is 1.50 bits per heavy atom. The molecule has 1 heterocycles. The summed E-state index contributed by atoms with van der Waals surface area (Å²) in [5.41, 5.74) is 8.06. The van der Waals surface area contributed by atoms with Gasteiger partial charge in [0.1, 0.15) is 0 Å². The zero-order valence-electron chi connectivity index (χ0n) is 11.2. The number of hydrogen-bond acceptors (Lipinski definition) is 3. The van der Waals surface area contributed by atoms with Crippen LogP contribution in [0, 0.1) is 0 Å². The highest BCUT2D eigenvalue weighted by Crippen LogP contribution is 2.27. The molecule has 0 aliphatic rings. The lowest BCUT2D eigenvalue weighted by Gasteiger charge is -2.06. The molecule has 0 fully saturated rings. The van der Waals surface area contributed by atoms with Crippen LogP contribution in [-0.2, 0) is 30.0 Å². The number of nitrogens with zero attached hydrogens (tertiary/aromatic N) is 2. The van der Waals surface area contributed by atoms with Gasteiger partial charge in [-0.1, -0.05) is 18.5 Å². The van der Waals surface area contributed by atoms with Gasteiger partial charge in [0.2, 0.25) is 0 Å². The van der Waals surface area contributed by atoms with E-state index in [1.165, 1.54) is 0 Å². The number of aromatic nitrogens is 2. The first-order valence-corrected chi connectivity index (χ1v) is 8.56. The molecule has 0 aliphatic carbocycles. The molecule has 0 saturated heterocycles. The maximum atomic E-state index is 12.5. The average Bonchev–Trinajstić information content (AvgIpc) is 2.66. The average molecular weight is 377 g/mol. The Kier molecular flexibility index (Phi) is 4.88. The van der Waals surface area contributed by atoms with Gasteiger partial charge < -0.3 is 5.73 Å². The predicted molar refractivity (Wildman–Crippen MR) is 86.3 cm³/mol. The van der Waals surface area contributed by atoms with Crippen LogP contribution in [0.5, 0.6) is 0 Å². The lowest BCUT2D eigenvalue weighted by atomic mass is 10.3. The SMILES string of the molecule is CCc1nn(C)c(CS(=O)c2ccc(N)cc2Cl)c1Br. The molecule has 2 N–H and O–H groups in total. The first kappa shape index (κ1) is 15.5. The van der Waals surface area contributed by atoms with Gasteiger partial charge in [-0.05, 0) is 40.5 Å². The van der Waals surface area contributed by atoms with Crippen molar-refractivity contribution in [1.82, 2.24) is 9.78 Å². The summed E-state index contributed by atoms with van der Waals surface area (Å²) in [7, 11) is 0.606. The second-order valence-corrected chi connectivity index (χ2v) is 6.98. The molecular weight excluding hydrogens is 362 g/mol. The number of benzene rings is 1. The zero-order chi connectivity index (χ0) is 14.9. The number of rotatable bonds is 4. The van der Waals surface area contributed by atoms with E-state index in [1.54, 1.807) is 22.9 Å². The zero-order valence-corrected chi connectivity index (χ0v) is 14.3. The van der Waals surface area contributed by atoms with Gasteiger partial charge in [0.05, 0.1) is 42.3 Å². The molecule has 2 rings (SSSR count). The highest BCUT2D eigenvalue weighted by Gasteiger charge is 2.17. The lowest BCUT2D eigenvalue weighted by molar-refractivity contribution is 0.675. The van der Waals surface area contributed by atoms with Crippen LogP contribution in [0.1, 0.15) is 18.3 Å². The van der Waals surface area contributed by atoms with E-state index in [4.69, 9.17) is 17.3 Å². The first-order chi connectivity index (χ1) is 9.43. The van der Waals surface area contributed by atoms with Crippen LogP contribution in [-0.4, -0.2) is 14.0 Å². The Morgan fingerprint density at radius 3 is 2.75 bits per heavy atom. The summed E-state index contributed by atoms with van der Waals surface area (Å²) in [5.74, 6) is 0.355. The Labute approximate surface area is 133 Å². The molecule has 1 atom stereocenters. The van der Waals surface area contributed by atoms with E-state index in [2.05, 4.69) is 21.0 Å². The number of anilines is 1. The summed E-state index contributed by atoms with van der Waals surface area (Å²) >= 11 is 9.62. The van der Waals surface area contributed by atoms with E-state index >= 15 is 0 Å². The molecule has 0 aliphatic heterocycles. The third kappa shape index (κ3) is 3.07. The van der Waals surface area contributed by atoms with Gasteiger partial charge >= 0.3 is 0 Å². The van der Waals surface area contributed by atoms with Crippen molar-refractivity contribution >= 4 is 44.0 Å². The number of nitrogen functional groups attached to an aromatic ring is 1. The van der Waals surface area contributed by atoms with Crippen LogP contribution in [0.4, 0.5) is 5.69 Å².